The number of fused-ring (bicyclic) bond motifs is 1. The Labute approximate surface area is 240 Å². The van der Waals surface area contributed by atoms with E-state index in [2.05, 4.69) is 29.4 Å². The zero-order valence-corrected chi connectivity index (χ0v) is 25.0. The lowest BCUT2D eigenvalue weighted by atomic mass is 9.84. The van der Waals surface area contributed by atoms with Gasteiger partial charge in [-0.3, -0.25) is 9.59 Å². The molecule has 0 spiro atoms. The summed E-state index contributed by atoms with van der Waals surface area (Å²) in [5.41, 5.74) is 1.99. The topological polar surface area (TPSA) is 90.9 Å². The first-order chi connectivity index (χ1) is 19.2. The zero-order valence-electron chi connectivity index (χ0n) is 25.0. The molecule has 2 saturated heterocycles. The summed E-state index contributed by atoms with van der Waals surface area (Å²) in [6, 6.07) is 3.48. The molecule has 1 aliphatic carbocycles. The van der Waals surface area contributed by atoms with Crippen LogP contribution >= 0.6 is 0 Å². The second-order valence-corrected chi connectivity index (χ2v) is 13.7. The zero-order chi connectivity index (χ0) is 28.3. The normalized spacial score (nSPS) is 27.1. The summed E-state index contributed by atoms with van der Waals surface area (Å²) < 4.78 is 6.31. The molecule has 1 aromatic carbocycles. The Bertz CT molecular complexity index is 1040. The first-order valence-corrected chi connectivity index (χ1v) is 16.1. The Morgan fingerprint density at radius 3 is 2.52 bits per heavy atom. The maximum atomic E-state index is 14.4. The van der Waals surface area contributed by atoms with Gasteiger partial charge in [0.15, 0.2) is 0 Å². The molecule has 4 aliphatic rings. The van der Waals surface area contributed by atoms with Crippen molar-refractivity contribution in [1.82, 2.24) is 15.5 Å². The predicted molar refractivity (Wildman–Crippen MR) is 158 cm³/mol. The van der Waals surface area contributed by atoms with Crippen molar-refractivity contribution in [2.75, 3.05) is 19.7 Å². The lowest BCUT2D eigenvalue weighted by molar-refractivity contribution is 0.0667. The third kappa shape index (κ3) is 6.67. The number of amides is 2. The van der Waals surface area contributed by atoms with Crippen LogP contribution in [0.3, 0.4) is 0 Å². The van der Waals surface area contributed by atoms with Crippen LogP contribution in [0.15, 0.2) is 12.1 Å². The van der Waals surface area contributed by atoms with Crippen LogP contribution in [-0.4, -0.2) is 65.7 Å². The van der Waals surface area contributed by atoms with Gasteiger partial charge in [-0.15, -0.1) is 0 Å². The van der Waals surface area contributed by atoms with Gasteiger partial charge in [0, 0.05) is 35.3 Å². The van der Waals surface area contributed by atoms with E-state index >= 15 is 0 Å². The molecule has 7 heteroatoms. The molecule has 4 unspecified atom stereocenters. The fourth-order valence-corrected chi connectivity index (χ4v) is 7.45. The number of hydrogen-bond acceptors (Lipinski definition) is 5. The van der Waals surface area contributed by atoms with Crippen molar-refractivity contribution in [2.45, 2.75) is 128 Å². The Hall–Kier alpha value is -2.12. The van der Waals surface area contributed by atoms with Gasteiger partial charge >= 0.3 is 0 Å². The summed E-state index contributed by atoms with van der Waals surface area (Å²) >= 11 is 0. The van der Waals surface area contributed by atoms with E-state index in [0.29, 0.717) is 29.4 Å². The van der Waals surface area contributed by atoms with Crippen LogP contribution in [0.5, 0.6) is 5.75 Å². The van der Waals surface area contributed by atoms with Crippen LogP contribution in [-0.2, 0) is 6.42 Å². The van der Waals surface area contributed by atoms with E-state index in [-0.39, 0.29) is 29.3 Å². The highest BCUT2D eigenvalue weighted by atomic mass is 16.5. The van der Waals surface area contributed by atoms with Gasteiger partial charge in [-0.2, -0.15) is 0 Å². The molecule has 3 N–H and O–H groups in total. The van der Waals surface area contributed by atoms with Crippen LogP contribution in [0.25, 0.3) is 0 Å². The molecule has 222 valence electrons. The van der Waals surface area contributed by atoms with Crippen molar-refractivity contribution < 1.29 is 19.4 Å². The first kappa shape index (κ1) is 29.4. The standard InChI is InChI=1S/C33H51N3O4/c1-22(30(37)27-13-9-17-34-27)35-31(38)24-19-26(25-15-16-33(2,3)21-40-29(25)20-24)32(39)36-18-10-14-28(36)23-11-7-5-4-6-8-12-23/h19-20,22-23,27-28,30,34,37H,4-18,21H2,1-3H3,(H,35,38). The van der Waals surface area contributed by atoms with Crippen LogP contribution in [0.4, 0.5) is 0 Å². The number of aliphatic hydroxyl groups is 1. The van der Waals surface area contributed by atoms with Crippen LogP contribution < -0.4 is 15.4 Å². The molecule has 3 fully saturated rings. The number of carbonyl (C=O) groups excluding carboxylic acids is 2. The number of nitrogens with one attached hydrogen (secondary N) is 2. The smallest absolute Gasteiger partial charge is 0.254 e. The van der Waals surface area contributed by atoms with Crippen molar-refractivity contribution >= 4 is 11.8 Å². The van der Waals surface area contributed by atoms with E-state index in [0.717, 1.165) is 57.2 Å². The van der Waals surface area contributed by atoms with Crippen molar-refractivity contribution in [3.63, 3.8) is 0 Å². The summed E-state index contributed by atoms with van der Waals surface area (Å²) in [4.78, 5) is 30.0. The quantitative estimate of drug-likeness (QED) is 0.449. The number of benzene rings is 1. The van der Waals surface area contributed by atoms with Gasteiger partial charge in [0.25, 0.3) is 11.8 Å². The van der Waals surface area contributed by atoms with Crippen molar-refractivity contribution in [3.8, 4) is 5.75 Å². The third-order valence-electron chi connectivity index (χ3n) is 10.0. The van der Waals surface area contributed by atoms with Gasteiger partial charge in [0.1, 0.15) is 5.75 Å². The highest BCUT2D eigenvalue weighted by Gasteiger charge is 2.37. The molecule has 5 rings (SSSR count). The molecule has 1 aromatic rings. The SMILES string of the molecule is CC(NC(=O)c1cc2c(c(C(=O)N3CCCC3C3CCCCCCC3)c1)CCC(C)(C)CO2)C(O)C1CCCN1. The lowest BCUT2D eigenvalue weighted by Gasteiger charge is -2.33. The second kappa shape index (κ2) is 12.8. The molecule has 4 atom stereocenters. The average Bonchev–Trinajstić information content (AvgIpc) is 3.60. The maximum Gasteiger partial charge on any atom is 0.254 e. The Balaban J connectivity index is 1.41. The molecule has 7 nitrogen and oxygen atoms in total. The van der Waals surface area contributed by atoms with Gasteiger partial charge in [-0.05, 0) is 88.3 Å². The summed E-state index contributed by atoms with van der Waals surface area (Å²) in [6.07, 6.45) is 14.0. The van der Waals surface area contributed by atoms with Gasteiger partial charge < -0.3 is 25.4 Å². The van der Waals surface area contributed by atoms with Crippen LogP contribution in [0, 0.1) is 11.3 Å². The van der Waals surface area contributed by atoms with E-state index in [4.69, 9.17) is 4.74 Å². The monoisotopic (exact) mass is 553 g/mol. The molecule has 0 radical (unpaired) electrons. The molecule has 0 bridgehead atoms. The molecule has 3 aliphatic heterocycles. The highest BCUT2D eigenvalue weighted by molar-refractivity contribution is 6.02. The fraction of sp³-hybridized carbons (Fsp3) is 0.758. The minimum Gasteiger partial charge on any atom is -0.493 e. The van der Waals surface area contributed by atoms with E-state index in [9.17, 15) is 14.7 Å². The molecule has 40 heavy (non-hydrogen) atoms. The predicted octanol–water partition coefficient (Wildman–Crippen LogP) is 5.23. The molecule has 1 saturated carbocycles. The summed E-state index contributed by atoms with van der Waals surface area (Å²) in [7, 11) is 0. The van der Waals surface area contributed by atoms with E-state index in [1.54, 1.807) is 6.07 Å². The number of hydrogen-bond donors (Lipinski definition) is 3. The largest absolute Gasteiger partial charge is 0.493 e. The minimum absolute atomic E-state index is 0.00886. The number of rotatable bonds is 6. The Morgan fingerprint density at radius 2 is 1.80 bits per heavy atom. The van der Waals surface area contributed by atoms with Crippen molar-refractivity contribution in [2.24, 2.45) is 11.3 Å². The number of nitrogens with zero attached hydrogens (tertiary/aromatic N) is 1. The Kier molecular flexibility index (Phi) is 9.41. The van der Waals surface area contributed by atoms with Gasteiger partial charge in [0.05, 0.1) is 18.8 Å². The molecule has 2 amide bonds. The Morgan fingerprint density at radius 1 is 1.05 bits per heavy atom. The van der Waals surface area contributed by atoms with Crippen molar-refractivity contribution in [1.29, 1.82) is 0 Å². The van der Waals surface area contributed by atoms with Crippen molar-refractivity contribution in [3.05, 3.63) is 28.8 Å². The second-order valence-electron chi connectivity index (χ2n) is 13.7. The number of likely N-dealkylation sites (tertiary alicyclic amines) is 1. The van der Waals surface area contributed by atoms with E-state index in [1.165, 1.54) is 44.9 Å². The third-order valence-corrected chi connectivity index (χ3v) is 10.0. The summed E-state index contributed by atoms with van der Waals surface area (Å²) in [6.45, 7) is 8.47. The number of aliphatic hydroxyl groups excluding tert-OH is 1. The molecule has 0 aromatic heterocycles. The summed E-state index contributed by atoms with van der Waals surface area (Å²) in [5.74, 6) is 1.01. The maximum absolute atomic E-state index is 14.4. The number of ether oxygens (including phenoxy) is 1. The fourth-order valence-electron chi connectivity index (χ4n) is 7.45. The number of carbonyl (C=O) groups is 2. The summed E-state index contributed by atoms with van der Waals surface area (Å²) in [5, 5.41) is 17.2. The van der Waals surface area contributed by atoms with E-state index in [1.807, 2.05) is 13.0 Å². The molecule has 3 heterocycles. The lowest BCUT2D eigenvalue weighted by Crippen LogP contribution is -2.49. The highest BCUT2D eigenvalue weighted by Crippen LogP contribution is 2.38. The van der Waals surface area contributed by atoms with E-state index < -0.39 is 12.1 Å². The van der Waals surface area contributed by atoms with Crippen LogP contribution in [0.1, 0.15) is 124 Å². The first-order valence-electron chi connectivity index (χ1n) is 16.1. The minimum atomic E-state index is -0.667. The average molecular weight is 554 g/mol. The van der Waals surface area contributed by atoms with Gasteiger partial charge in [-0.25, -0.2) is 0 Å². The molecular weight excluding hydrogens is 502 g/mol. The van der Waals surface area contributed by atoms with Crippen LogP contribution in [0.2, 0.25) is 0 Å². The molecular formula is C33H51N3O4. The van der Waals surface area contributed by atoms with Gasteiger partial charge in [0.2, 0.25) is 0 Å². The van der Waals surface area contributed by atoms with Gasteiger partial charge in [-0.1, -0.05) is 46.0 Å².